The molecule has 0 saturated heterocycles. The Hall–Kier alpha value is -3.15. The van der Waals surface area contributed by atoms with E-state index in [9.17, 15) is 9.90 Å². The first-order valence-electron chi connectivity index (χ1n) is 11.8. The first-order valence-corrected chi connectivity index (χ1v) is 11.8. The minimum Gasteiger partial charge on any atom is -0.507 e. The molecule has 0 bridgehead atoms. The normalized spacial score (nSPS) is 20.9. The summed E-state index contributed by atoms with van der Waals surface area (Å²) in [6, 6.07) is 11.5. The molecule has 33 heavy (non-hydrogen) atoms. The first-order chi connectivity index (χ1) is 15.7. The van der Waals surface area contributed by atoms with Crippen LogP contribution >= 0.6 is 0 Å². The predicted octanol–water partition coefficient (Wildman–Crippen LogP) is 5.17. The lowest BCUT2D eigenvalue weighted by Crippen LogP contribution is -2.34. The summed E-state index contributed by atoms with van der Waals surface area (Å²) in [6.45, 7) is 6.66. The van der Waals surface area contributed by atoms with E-state index in [1.165, 1.54) is 30.3 Å². The number of pyridine rings is 1. The third-order valence-corrected chi connectivity index (χ3v) is 7.09. The second-order valence-electron chi connectivity index (χ2n) is 9.85. The van der Waals surface area contributed by atoms with Gasteiger partial charge in [-0.3, -0.25) is 4.79 Å². The Morgan fingerprint density at radius 3 is 2.30 bits per heavy atom. The number of aromatic hydroxyl groups is 1. The van der Waals surface area contributed by atoms with Crippen LogP contribution in [-0.2, 0) is 7.05 Å². The highest BCUT2D eigenvalue weighted by Gasteiger charge is 2.25. The third-order valence-electron chi connectivity index (χ3n) is 7.09. The molecule has 0 spiro atoms. The standard InChI is InChI=1S/C27H34N4O2/c1-17-6-7-18(2)13-21(12-17)31(5)26-9-8-24(28-29-26)23-14-19(3)22(16-25(23)32)20-10-11-30(4)27(33)15-20/h8-11,14-18,21,32H,6-7,12-13H2,1-5H3/t17-,18+,21+. The van der Waals surface area contributed by atoms with E-state index in [1.807, 2.05) is 31.2 Å². The molecule has 1 aliphatic carbocycles. The predicted molar refractivity (Wildman–Crippen MR) is 134 cm³/mol. The zero-order valence-corrected chi connectivity index (χ0v) is 20.2. The van der Waals surface area contributed by atoms with Gasteiger partial charge in [0.1, 0.15) is 5.75 Å². The molecule has 174 valence electrons. The number of rotatable bonds is 4. The highest BCUT2D eigenvalue weighted by molar-refractivity contribution is 5.77. The van der Waals surface area contributed by atoms with Gasteiger partial charge in [0, 0.05) is 38.0 Å². The Morgan fingerprint density at radius 2 is 1.70 bits per heavy atom. The summed E-state index contributed by atoms with van der Waals surface area (Å²) in [5, 5.41) is 19.7. The Bertz CT molecular complexity index is 1170. The average molecular weight is 447 g/mol. The molecule has 3 aromatic rings. The van der Waals surface area contributed by atoms with Crippen LogP contribution in [-0.4, -0.2) is 33.0 Å². The van der Waals surface area contributed by atoms with E-state index in [-0.39, 0.29) is 11.3 Å². The molecule has 1 aromatic carbocycles. The van der Waals surface area contributed by atoms with Crippen molar-refractivity contribution in [3.63, 3.8) is 0 Å². The van der Waals surface area contributed by atoms with Crippen molar-refractivity contribution in [1.82, 2.24) is 14.8 Å². The van der Waals surface area contributed by atoms with E-state index in [0.29, 0.717) is 17.3 Å². The van der Waals surface area contributed by atoms with Gasteiger partial charge < -0.3 is 14.6 Å². The maximum atomic E-state index is 12.0. The SMILES string of the molecule is Cc1cc(-c2ccc(N(C)[C@H]3C[C@H](C)CC[C@H](C)C3)nn2)c(O)cc1-c1ccn(C)c(=O)c1. The lowest BCUT2D eigenvalue weighted by Gasteiger charge is -2.30. The average Bonchev–Trinajstić information content (AvgIpc) is 2.97. The molecule has 2 heterocycles. The van der Waals surface area contributed by atoms with E-state index in [2.05, 4.69) is 36.0 Å². The van der Waals surface area contributed by atoms with Gasteiger partial charge in [0.2, 0.25) is 0 Å². The Morgan fingerprint density at radius 1 is 1.00 bits per heavy atom. The number of hydrogen-bond acceptors (Lipinski definition) is 5. The molecule has 2 aromatic heterocycles. The lowest BCUT2D eigenvalue weighted by molar-refractivity contribution is 0.446. The van der Waals surface area contributed by atoms with Crippen molar-refractivity contribution < 1.29 is 5.11 Å². The number of hydrogen-bond donors (Lipinski definition) is 1. The van der Waals surface area contributed by atoms with Crippen molar-refractivity contribution in [3.05, 3.63) is 58.5 Å². The summed E-state index contributed by atoms with van der Waals surface area (Å²) < 4.78 is 1.53. The van der Waals surface area contributed by atoms with Gasteiger partial charge >= 0.3 is 0 Å². The van der Waals surface area contributed by atoms with E-state index in [0.717, 1.165) is 34.3 Å². The Balaban J connectivity index is 1.59. The second-order valence-corrected chi connectivity index (χ2v) is 9.85. The topological polar surface area (TPSA) is 71.2 Å². The zero-order chi connectivity index (χ0) is 23.7. The highest BCUT2D eigenvalue weighted by Crippen LogP contribution is 2.36. The number of phenolic OH excluding ortho intramolecular Hbond substituents is 1. The molecule has 3 atom stereocenters. The molecular weight excluding hydrogens is 412 g/mol. The van der Waals surface area contributed by atoms with Crippen LogP contribution < -0.4 is 10.5 Å². The van der Waals surface area contributed by atoms with E-state index < -0.39 is 0 Å². The van der Waals surface area contributed by atoms with Crippen LogP contribution in [0.1, 0.15) is 45.1 Å². The summed E-state index contributed by atoms with van der Waals surface area (Å²) >= 11 is 0. The van der Waals surface area contributed by atoms with Gasteiger partial charge in [0.25, 0.3) is 5.56 Å². The fourth-order valence-electron chi connectivity index (χ4n) is 4.92. The summed E-state index contributed by atoms with van der Waals surface area (Å²) in [7, 11) is 3.83. The van der Waals surface area contributed by atoms with Crippen molar-refractivity contribution in [2.45, 2.75) is 52.5 Å². The number of aromatic nitrogens is 3. The minimum atomic E-state index is -0.0847. The summed E-state index contributed by atoms with van der Waals surface area (Å²) in [5.41, 5.74) is 3.76. The molecule has 6 nitrogen and oxygen atoms in total. The van der Waals surface area contributed by atoms with Gasteiger partial charge in [0.15, 0.2) is 5.82 Å². The molecule has 1 fully saturated rings. The summed E-state index contributed by atoms with van der Waals surface area (Å²) in [5.74, 6) is 2.42. The van der Waals surface area contributed by atoms with Gasteiger partial charge in [0.05, 0.1) is 5.69 Å². The minimum absolute atomic E-state index is 0.0847. The van der Waals surface area contributed by atoms with Gasteiger partial charge in [-0.25, -0.2) is 0 Å². The molecule has 0 amide bonds. The lowest BCUT2D eigenvalue weighted by atomic mass is 9.97. The van der Waals surface area contributed by atoms with Crippen molar-refractivity contribution >= 4 is 5.82 Å². The van der Waals surface area contributed by atoms with Crippen molar-refractivity contribution in [3.8, 4) is 28.1 Å². The number of aryl methyl sites for hydroxylation is 2. The van der Waals surface area contributed by atoms with Crippen LogP contribution in [0.25, 0.3) is 22.4 Å². The van der Waals surface area contributed by atoms with Crippen LogP contribution in [0.2, 0.25) is 0 Å². The first kappa shape index (κ1) is 23.0. The summed E-state index contributed by atoms with van der Waals surface area (Å²) in [4.78, 5) is 14.3. The number of phenols is 1. The van der Waals surface area contributed by atoms with Crippen LogP contribution in [0.5, 0.6) is 5.75 Å². The molecule has 6 heteroatoms. The van der Waals surface area contributed by atoms with Crippen LogP contribution in [0, 0.1) is 18.8 Å². The van der Waals surface area contributed by atoms with Crippen LogP contribution in [0.15, 0.2) is 47.4 Å². The van der Waals surface area contributed by atoms with Crippen molar-refractivity contribution in [2.75, 3.05) is 11.9 Å². The van der Waals surface area contributed by atoms with Crippen LogP contribution in [0.3, 0.4) is 0 Å². The Kier molecular flexibility index (Phi) is 6.54. The highest BCUT2D eigenvalue weighted by atomic mass is 16.3. The third kappa shape index (κ3) is 4.95. The molecule has 0 unspecified atom stereocenters. The number of nitrogens with zero attached hydrogens (tertiary/aromatic N) is 4. The smallest absolute Gasteiger partial charge is 0.250 e. The van der Waals surface area contributed by atoms with Gasteiger partial charge in [-0.1, -0.05) is 26.7 Å². The fraction of sp³-hybridized carbons (Fsp3) is 0.444. The van der Waals surface area contributed by atoms with Crippen LogP contribution in [0.4, 0.5) is 5.82 Å². The molecular formula is C27H34N4O2. The Labute approximate surface area is 195 Å². The van der Waals surface area contributed by atoms with E-state index in [4.69, 9.17) is 0 Å². The molecule has 0 aliphatic heterocycles. The van der Waals surface area contributed by atoms with E-state index >= 15 is 0 Å². The maximum Gasteiger partial charge on any atom is 0.250 e. The van der Waals surface area contributed by atoms with Gasteiger partial charge in [-0.15, -0.1) is 10.2 Å². The molecule has 0 radical (unpaired) electrons. The van der Waals surface area contributed by atoms with Crippen molar-refractivity contribution in [1.29, 1.82) is 0 Å². The number of anilines is 1. The van der Waals surface area contributed by atoms with Gasteiger partial charge in [-0.2, -0.15) is 0 Å². The largest absolute Gasteiger partial charge is 0.507 e. The maximum absolute atomic E-state index is 12.0. The second kappa shape index (κ2) is 9.38. The molecule has 1 aliphatic rings. The quantitative estimate of drug-likeness (QED) is 0.560. The van der Waals surface area contributed by atoms with Gasteiger partial charge in [-0.05, 0) is 78.6 Å². The zero-order valence-electron chi connectivity index (χ0n) is 20.2. The monoisotopic (exact) mass is 446 g/mol. The molecule has 1 N–H and O–H groups in total. The summed E-state index contributed by atoms with van der Waals surface area (Å²) in [6.07, 6.45) is 6.67. The van der Waals surface area contributed by atoms with Crippen molar-refractivity contribution in [2.24, 2.45) is 18.9 Å². The molecule has 4 rings (SSSR count). The molecule has 1 saturated carbocycles. The fourth-order valence-corrected chi connectivity index (χ4v) is 4.92. The number of benzene rings is 1. The van der Waals surface area contributed by atoms with E-state index in [1.54, 1.807) is 25.4 Å².